The Kier molecular flexibility index (Phi) is 5.66. The van der Waals surface area contributed by atoms with Crippen LogP contribution in [0.25, 0.3) is 0 Å². The van der Waals surface area contributed by atoms with Gasteiger partial charge >= 0.3 is 0 Å². The van der Waals surface area contributed by atoms with Gasteiger partial charge in [0.25, 0.3) is 0 Å². The van der Waals surface area contributed by atoms with Crippen LogP contribution in [0.1, 0.15) is 44.9 Å². The predicted octanol–water partition coefficient (Wildman–Crippen LogP) is 2.19. The van der Waals surface area contributed by atoms with E-state index in [0.717, 1.165) is 37.6 Å². The van der Waals surface area contributed by atoms with Crippen molar-refractivity contribution in [3.05, 3.63) is 12.4 Å². The van der Waals surface area contributed by atoms with E-state index in [1.54, 1.807) is 6.33 Å². The Labute approximate surface area is 138 Å². The largest absolute Gasteiger partial charge is 0.368 e. The van der Waals surface area contributed by atoms with Gasteiger partial charge in [0.1, 0.15) is 18.0 Å². The van der Waals surface area contributed by atoms with Crippen LogP contribution < -0.4 is 15.5 Å². The maximum atomic E-state index is 12.1. The summed E-state index contributed by atoms with van der Waals surface area (Å²) in [5.41, 5.74) is 0. The van der Waals surface area contributed by atoms with E-state index < -0.39 is 0 Å². The van der Waals surface area contributed by atoms with Crippen molar-refractivity contribution in [2.45, 2.75) is 44.9 Å². The van der Waals surface area contributed by atoms with E-state index in [1.807, 2.05) is 6.07 Å². The van der Waals surface area contributed by atoms with Crippen molar-refractivity contribution in [1.82, 2.24) is 15.3 Å². The monoisotopic (exact) mass is 317 g/mol. The number of hydrogen-bond acceptors (Lipinski definition) is 5. The van der Waals surface area contributed by atoms with E-state index in [4.69, 9.17) is 0 Å². The van der Waals surface area contributed by atoms with Gasteiger partial charge in [-0.15, -0.1) is 0 Å². The Morgan fingerprint density at radius 3 is 2.65 bits per heavy atom. The Hall–Kier alpha value is -1.85. The zero-order valence-corrected chi connectivity index (χ0v) is 13.8. The van der Waals surface area contributed by atoms with Crippen LogP contribution in [0.15, 0.2) is 12.4 Å². The summed E-state index contributed by atoms with van der Waals surface area (Å²) in [4.78, 5) is 23.0. The van der Waals surface area contributed by atoms with E-state index >= 15 is 0 Å². The summed E-state index contributed by atoms with van der Waals surface area (Å²) in [6.07, 6.45) is 9.83. The molecular weight excluding hydrogens is 290 g/mol. The first-order chi connectivity index (χ1) is 11.3. The molecule has 1 aromatic heterocycles. The zero-order valence-electron chi connectivity index (χ0n) is 13.8. The molecule has 1 aliphatic carbocycles. The summed E-state index contributed by atoms with van der Waals surface area (Å²) in [7, 11) is 0. The first-order valence-corrected chi connectivity index (χ1v) is 8.91. The molecule has 0 spiro atoms. The molecule has 1 amide bonds. The van der Waals surface area contributed by atoms with Crippen molar-refractivity contribution < 1.29 is 4.79 Å². The van der Waals surface area contributed by atoms with Crippen LogP contribution in [0.2, 0.25) is 0 Å². The molecule has 0 unspecified atom stereocenters. The standard InChI is InChI=1S/C17H27N5O/c23-17(14-6-2-1-3-7-14)19-9-8-18-15-12-16(21-13-20-15)22-10-4-5-11-22/h12-14H,1-11H2,(H,19,23)(H,18,20,21). The van der Waals surface area contributed by atoms with Gasteiger partial charge in [-0.2, -0.15) is 0 Å². The topological polar surface area (TPSA) is 70.2 Å². The van der Waals surface area contributed by atoms with Crippen LogP contribution in [0.5, 0.6) is 0 Å². The summed E-state index contributed by atoms with van der Waals surface area (Å²) < 4.78 is 0. The summed E-state index contributed by atoms with van der Waals surface area (Å²) >= 11 is 0. The maximum Gasteiger partial charge on any atom is 0.223 e. The molecule has 1 aliphatic heterocycles. The van der Waals surface area contributed by atoms with Crippen LogP contribution in [-0.4, -0.2) is 42.1 Å². The van der Waals surface area contributed by atoms with Gasteiger partial charge in [-0.05, 0) is 25.7 Å². The highest BCUT2D eigenvalue weighted by molar-refractivity contribution is 5.78. The molecule has 0 bridgehead atoms. The molecule has 1 aromatic rings. The fraction of sp³-hybridized carbons (Fsp3) is 0.706. The minimum Gasteiger partial charge on any atom is -0.368 e. The maximum absolute atomic E-state index is 12.1. The third-order valence-corrected chi connectivity index (χ3v) is 4.79. The minimum atomic E-state index is 0.215. The zero-order chi connectivity index (χ0) is 15.9. The molecule has 2 aliphatic rings. The van der Waals surface area contributed by atoms with Gasteiger partial charge in [0, 0.05) is 38.2 Å². The molecule has 1 saturated carbocycles. The van der Waals surface area contributed by atoms with E-state index in [-0.39, 0.29) is 11.8 Å². The highest BCUT2D eigenvalue weighted by Gasteiger charge is 2.20. The number of rotatable bonds is 6. The second-order valence-electron chi connectivity index (χ2n) is 6.51. The first kappa shape index (κ1) is 16.0. The number of carbonyl (C=O) groups is 1. The molecule has 126 valence electrons. The molecular formula is C17H27N5O. The van der Waals surface area contributed by atoms with Crippen LogP contribution >= 0.6 is 0 Å². The van der Waals surface area contributed by atoms with Crippen molar-refractivity contribution in [2.75, 3.05) is 36.4 Å². The van der Waals surface area contributed by atoms with E-state index in [0.29, 0.717) is 13.1 Å². The van der Waals surface area contributed by atoms with Crippen molar-refractivity contribution in [3.8, 4) is 0 Å². The first-order valence-electron chi connectivity index (χ1n) is 8.91. The molecule has 1 saturated heterocycles. The molecule has 0 atom stereocenters. The van der Waals surface area contributed by atoms with Crippen molar-refractivity contribution in [2.24, 2.45) is 5.92 Å². The lowest BCUT2D eigenvalue weighted by atomic mass is 9.89. The molecule has 0 radical (unpaired) electrons. The van der Waals surface area contributed by atoms with Gasteiger partial charge in [-0.3, -0.25) is 4.79 Å². The van der Waals surface area contributed by atoms with Crippen LogP contribution in [0.3, 0.4) is 0 Å². The average molecular weight is 317 g/mol. The van der Waals surface area contributed by atoms with E-state index in [1.165, 1.54) is 32.1 Å². The molecule has 2 heterocycles. The quantitative estimate of drug-likeness (QED) is 0.787. The van der Waals surface area contributed by atoms with Gasteiger partial charge in [0.05, 0.1) is 0 Å². The third kappa shape index (κ3) is 4.56. The fourth-order valence-electron chi connectivity index (χ4n) is 3.45. The second kappa shape index (κ2) is 8.13. The van der Waals surface area contributed by atoms with Crippen LogP contribution in [-0.2, 0) is 4.79 Å². The lowest BCUT2D eigenvalue weighted by Gasteiger charge is -2.20. The number of nitrogens with zero attached hydrogens (tertiary/aromatic N) is 3. The number of carbonyl (C=O) groups excluding carboxylic acids is 1. The highest BCUT2D eigenvalue weighted by atomic mass is 16.1. The summed E-state index contributed by atoms with van der Waals surface area (Å²) in [6.45, 7) is 3.48. The summed E-state index contributed by atoms with van der Waals surface area (Å²) in [5, 5.41) is 6.31. The molecule has 6 heteroatoms. The summed E-state index contributed by atoms with van der Waals surface area (Å²) in [6, 6.07) is 1.99. The normalized spacial score (nSPS) is 18.9. The van der Waals surface area contributed by atoms with Crippen LogP contribution in [0.4, 0.5) is 11.6 Å². The Bertz CT molecular complexity index is 509. The smallest absolute Gasteiger partial charge is 0.223 e. The highest BCUT2D eigenvalue weighted by Crippen LogP contribution is 2.23. The fourth-order valence-corrected chi connectivity index (χ4v) is 3.45. The lowest BCUT2D eigenvalue weighted by molar-refractivity contribution is -0.125. The van der Waals surface area contributed by atoms with Gasteiger partial charge < -0.3 is 15.5 Å². The Morgan fingerprint density at radius 2 is 1.87 bits per heavy atom. The molecule has 2 fully saturated rings. The van der Waals surface area contributed by atoms with E-state index in [9.17, 15) is 4.79 Å². The van der Waals surface area contributed by atoms with Gasteiger partial charge in [0.15, 0.2) is 0 Å². The van der Waals surface area contributed by atoms with Gasteiger partial charge in [0.2, 0.25) is 5.91 Å². The predicted molar refractivity (Wildman–Crippen MR) is 91.6 cm³/mol. The van der Waals surface area contributed by atoms with Gasteiger partial charge in [-0.25, -0.2) is 9.97 Å². The molecule has 2 N–H and O–H groups in total. The number of anilines is 2. The molecule has 0 aromatic carbocycles. The average Bonchev–Trinajstić information content (AvgIpc) is 3.14. The number of amides is 1. The Morgan fingerprint density at radius 1 is 1.09 bits per heavy atom. The Balaban J connectivity index is 1.40. The van der Waals surface area contributed by atoms with Crippen molar-refractivity contribution in [3.63, 3.8) is 0 Å². The minimum absolute atomic E-state index is 0.215. The SMILES string of the molecule is O=C(NCCNc1cc(N2CCCC2)ncn1)C1CCCCC1. The van der Waals surface area contributed by atoms with E-state index in [2.05, 4.69) is 25.5 Å². The van der Waals surface area contributed by atoms with Gasteiger partial charge in [-0.1, -0.05) is 19.3 Å². The molecule has 23 heavy (non-hydrogen) atoms. The lowest BCUT2D eigenvalue weighted by Crippen LogP contribution is -2.35. The second-order valence-corrected chi connectivity index (χ2v) is 6.51. The number of hydrogen-bond donors (Lipinski definition) is 2. The number of nitrogens with one attached hydrogen (secondary N) is 2. The summed E-state index contributed by atoms with van der Waals surface area (Å²) in [5.74, 6) is 2.26. The number of aromatic nitrogens is 2. The van der Waals surface area contributed by atoms with Crippen molar-refractivity contribution >= 4 is 17.5 Å². The molecule has 6 nitrogen and oxygen atoms in total. The van der Waals surface area contributed by atoms with Crippen molar-refractivity contribution in [1.29, 1.82) is 0 Å². The van der Waals surface area contributed by atoms with Crippen LogP contribution in [0, 0.1) is 5.92 Å². The molecule has 3 rings (SSSR count). The third-order valence-electron chi connectivity index (χ3n) is 4.79.